The molecule has 0 aromatic heterocycles. The van der Waals surface area contributed by atoms with Gasteiger partial charge < -0.3 is 10.0 Å². The van der Waals surface area contributed by atoms with Gasteiger partial charge in [-0.1, -0.05) is 18.2 Å². The van der Waals surface area contributed by atoms with Gasteiger partial charge in [0.25, 0.3) is 0 Å². The van der Waals surface area contributed by atoms with Crippen LogP contribution < -0.4 is 4.90 Å². The van der Waals surface area contributed by atoms with Crippen LogP contribution in [0, 0.1) is 0 Å². The van der Waals surface area contributed by atoms with E-state index < -0.39 is 0 Å². The molecule has 15 heavy (non-hydrogen) atoms. The van der Waals surface area contributed by atoms with E-state index in [0.717, 1.165) is 13.0 Å². The summed E-state index contributed by atoms with van der Waals surface area (Å²) in [5.74, 6) is 0. The highest BCUT2D eigenvalue weighted by Gasteiger charge is 2.14. The van der Waals surface area contributed by atoms with Gasteiger partial charge in [-0.3, -0.25) is 0 Å². The van der Waals surface area contributed by atoms with E-state index in [0.29, 0.717) is 0 Å². The summed E-state index contributed by atoms with van der Waals surface area (Å²) in [6.07, 6.45) is 4.53. The molecule has 1 aromatic carbocycles. The summed E-state index contributed by atoms with van der Waals surface area (Å²) in [6, 6.07) is 6.46. The minimum atomic E-state index is -0.374. The maximum absolute atomic E-state index is 9.15. The predicted octanol–water partition coefficient (Wildman–Crippen LogP) is 2.07. The van der Waals surface area contributed by atoms with Gasteiger partial charge in [0.1, 0.15) is 0 Å². The average molecular weight is 203 g/mol. The molecule has 0 bridgehead atoms. The quantitative estimate of drug-likeness (QED) is 0.795. The molecule has 1 aliphatic rings. The van der Waals surface area contributed by atoms with Crippen LogP contribution in [-0.2, 0) is 6.42 Å². The van der Waals surface area contributed by atoms with Crippen molar-refractivity contribution in [1.29, 1.82) is 0 Å². The highest BCUT2D eigenvalue weighted by Crippen LogP contribution is 2.27. The van der Waals surface area contributed by atoms with Gasteiger partial charge in [-0.2, -0.15) is 0 Å². The first kappa shape index (κ1) is 10.2. The lowest BCUT2D eigenvalue weighted by Gasteiger charge is -2.11. The van der Waals surface area contributed by atoms with Gasteiger partial charge in [-0.15, -0.1) is 0 Å². The number of anilines is 1. The molecule has 0 aliphatic carbocycles. The summed E-state index contributed by atoms with van der Waals surface area (Å²) in [5, 5.41) is 9.15. The van der Waals surface area contributed by atoms with Crippen molar-refractivity contribution in [2.75, 3.05) is 18.5 Å². The molecule has 0 radical (unpaired) electrons. The Labute approximate surface area is 90.8 Å². The van der Waals surface area contributed by atoms with Gasteiger partial charge in [0.15, 0.2) is 0 Å². The fourth-order valence-corrected chi connectivity index (χ4v) is 1.94. The first-order valence-corrected chi connectivity index (χ1v) is 5.37. The fraction of sp³-hybridized carbons (Fsp3) is 0.385. The van der Waals surface area contributed by atoms with Crippen LogP contribution in [0.5, 0.6) is 0 Å². The van der Waals surface area contributed by atoms with Crippen LogP contribution >= 0.6 is 0 Å². The number of aliphatic hydroxyl groups is 1. The first-order chi connectivity index (χ1) is 7.16. The lowest BCUT2D eigenvalue weighted by Crippen LogP contribution is -2.12. The van der Waals surface area contributed by atoms with Crippen molar-refractivity contribution >= 4 is 11.8 Å². The van der Waals surface area contributed by atoms with Gasteiger partial charge in [0, 0.05) is 19.3 Å². The third-order valence-electron chi connectivity index (χ3n) is 2.80. The Bertz CT molecular complexity index is 382. The molecule has 2 rings (SSSR count). The summed E-state index contributed by atoms with van der Waals surface area (Å²) < 4.78 is 0. The maximum Gasteiger partial charge on any atom is 0.0696 e. The second-order valence-corrected chi connectivity index (χ2v) is 4.16. The zero-order valence-electron chi connectivity index (χ0n) is 9.27. The second kappa shape index (κ2) is 4.07. The molecular weight excluding hydrogens is 186 g/mol. The van der Waals surface area contributed by atoms with E-state index in [2.05, 4.69) is 30.1 Å². The Morgan fingerprint density at radius 3 is 3.00 bits per heavy atom. The molecule has 1 N–H and O–H groups in total. The van der Waals surface area contributed by atoms with Crippen molar-refractivity contribution in [3.05, 3.63) is 35.4 Å². The number of aliphatic hydroxyl groups excluding tert-OH is 1. The SMILES string of the molecule is CC(O)/C=C/c1ccc2c(c1)CCN2C. The zero-order chi connectivity index (χ0) is 10.8. The van der Waals surface area contributed by atoms with E-state index in [1.54, 1.807) is 13.0 Å². The summed E-state index contributed by atoms with van der Waals surface area (Å²) in [4.78, 5) is 2.28. The molecule has 1 aliphatic heterocycles. The van der Waals surface area contributed by atoms with Gasteiger partial charge in [0.05, 0.1) is 6.10 Å². The van der Waals surface area contributed by atoms with Crippen LogP contribution in [0.4, 0.5) is 5.69 Å². The number of hydrogen-bond donors (Lipinski definition) is 1. The number of likely N-dealkylation sites (N-methyl/N-ethyl adjacent to an activating group) is 1. The summed E-state index contributed by atoms with van der Waals surface area (Å²) >= 11 is 0. The van der Waals surface area contributed by atoms with Crippen LogP contribution in [0.3, 0.4) is 0 Å². The lowest BCUT2D eigenvalue weighted by molar-refractivity contribution is 0.245. The normalized spacial score (nSPS) is 17.1. The Morgan fingerprint density at radius 1 is 1.47 bits per heavy atom. The Balaban J connectivity index is 2.23. The van der Waals surface area contributed by atoms with Crippen LogP contribution in [0.2, 0.25) is 0 Å². The molecule has 0 saturated heterocycles. The van der Waals surface area contributed by atoms with Crippen molar-refractivity contribution in [2.45, 2.75) is 19.4 Å². The van der Waals surface area contributed by atoms with Crippen LogP contribution in [0.25, 0.3) is 6.08 Å². The molecule has 1 unspecified atom stereocenters. The van der Waals surface area contributed by atoms with E-state index in [9.17, 15) is 0 Å². The average Bonchev–Trinajstić information content (AvgIpc) is 2.57. The van der Waals surface area contributed by atoms with E-state index in [-0.39, 0.29) is 6.10 Å². The van der Waals surface area contributed by atoms with Crippen molar-refractivity contribution in [3.8, 4) is 0 Å². The first-order valence-electron chi connectivity index (χ1n) is 5.37. The molecule has 1 atom stereocenters. The number of benzene rings is 1. The Hall–Kier alpha value is -1.28. The van der Waals surface area contributed by atoms with Gasteiger partial charge in [-0.05, 0) is 36.6 Å². The molecule has 0 fully saturated rings. The molecule has 2 nitrogen and oxygen atoms in total. The Kier molecular flexibility index (Phi) is 2.78. The minimum absolute atomic E-state index is 0.374. The predicted molar refractivity (Wildman–Crippen MR) is 64.1 cm³/mol. The van der Waals surface area contributed by atoms with Gasteiger partial charge in [-0.25, -0.2) is 0 Å². The summed E-state index contributed by atoms with van der Waals surface area (Å²) in [5.41, 5.74) is 3.92. The van der Waals surface area contributed by atoms with Crippen molar-refractivity contribution in [2.24, 2.45) is 0 Å². The lowest BCUT2D eigenvalue weighted by atomic mass is 10.1. The van der Waals surface area contributed by atoms with Crippen LogP contribution in [0.1, 0.15) is 18.1 Å². The van der Waals surface area contributed by atoms with Gasteiger partial charge >= 0.3 is 0 Å². The topological polar surface area (TPSA) is 23.5 Å². The van der Waals surface area contributed by atoms with Crippen molar-refractivity contribution in [3.63, 3.8) is 0 Å². The highest BCUT2D eigenvalue weighted by molar-refractivity contribution is 5.63. The van der Waals surface area contributed by atoms with E-state index >= 15 is 0 Å². The molecule has 1 aromatic rings. The zero-order valence-corrected chi connectivity index (χ0v) is 9.27. The molecule has 0 amide bonds. The smallest absolute Gasteiger partial charge is 0.0696 e. The van der Waals surface area contributed by atoms with Gasteiger partial charge in [0.2, 0.25) is 0 Å². The largest absolute Gasteiger partial charge is 0.389 e. The fourth-order valence-electron chi connectivity index (χ4n) is 1.94. The number of rotatable bonds is 2. The molecule has 1 heterocycles. The standard InChI is InChI=1S/C13H17NO/c1-10(15)3-4-11-5-6-13-12(9-11)7-8-14(13)2/h3-6,9-10,15H,7-8H2,1-2H3/b4-3+. The van der Waals surface area contributed by atoms with Crippen LogP contribution in [-0.4, -0.2) is 24.8 Å². The van der Waals surface area contributed by atoms with E-state index in [1.165, 1.54) is 16.8 Å². The van der Waals surface area contributed by atoms with Crippen molar-refractivity contribution < 1.29 is 5.11 Å². The minimum Gasteiger partial charge on any atom is -0.389 e. The second-order valence-electron chi connectivity index (χ2n) is 4.16. The highest BCUT2D eigenvalue weighted by atomic mass is 16.3. The van der Waals surface area contributed by atoms with Crippen molar-refractivity contribution in [1.82, 2.24) is 0 Å². The molecule has 0 spiro atoms. The Morgan fingerprint density at radius 2 is 2.27 bits per heavy atom. The van der Waals surface area contributed by atoms with E-state index in [1.807, 2.05) is 6.08 Å². The number of nitrogens with zero attached hydrogens (tertiary/aromatic N) is 1. The monoisotopic (exact) mass is 203 g/mol. The third kappa shape index (κ3) is 2.21. The summed E-state index contributed by atoms with van der Waals surface area (Å²) in [7, 11) is 2.12. The molecule has 80 valence electrons. The molecule has 2 heteroatoms. The number of hydrogen-bond acceptors (Lipinski definition) is 2. The molecular formula is C13H17NO. The summed E-state index contributed by atoms with van der Waals surface area (Å²) in [6.45, 7) is 2.87. The molecule has 0 saturated carbocycles. The van der Waals surface area contributed by atoms with Crippen LogP contribution in [0.15, 0.2) is 24.3 Å². The third-order valence-corrected chi connectivity index (χ3v) is 2.80. The van der Waals surface area contributed by atoms with E-state index in [4.69, 9.17) is 5.11 Å². The number of fused-ring (bicyclic) bond motifs is 1. The maximum atomic E-state index is 9.15.